The van der Waals surface area contributed by atoms with Gasteiger partial charge in [0, 0.05) is 0 Å². The van der Waals surface area contributed by atoms with E-state index in [2.05, 4.69) is 5.32 Å². The maximum absolute atomic E-state index is 12.7. The summed E-state index contributed by atoms with van der Waals surface area (Å²) < 4.78 is 23.0. The zero-order chi connectivity index (χ0) is 22.7. The van der Waals surface area contributed by atoms with Crippen molar-refractivity contribution in [2.45, 2.75) is 31.7 Å². The van der Waals surface area contributed by atoms with Crippen LogP contribution in [-0.2, 0) is 18.6 Å². The van der Waals surface area contributed by atoms with Gasteiger partial charge in [0.1, 0.15) is 0 Å². The molecule has 3 N–H and O–H groups in total. The van der Waals surface area contributed by atoms with Crippen molar-refractivity contribution in [3.8, 4) is 0 Å². The number of carboxylic acid groups (broad SMARTS) is 1. The molecule has 8 nitrogen and oxygen atoms in total. The van der Waals surface area contributed by atoms with Gasteiger partial charge in [0.2, 0.25) is 0 Å². The average Bonchev–Trinajstić information content (AvgIpc) is 2.76. The van der Waals surface area contributed by atoms with Crippen LogP contribution in [0, 0.1) is 0 Å². The Hall–Kier alpha value is -2.67. The lowest BCUT2D eigenvalue weighted by molar-refractivity contribution is -0.138. The standard InChI is InChI=1S/C22H28NO7P/c1-2-3-14-29-22(26)23-20(18-12-8-5-9-13-18)15-30-31(27,28)16-19(21(24)25)17-10-6-4-7-11-17/h4-13,19-20H,2-3,14-16H2,1H3,(H,23,26)(H,24,25)(H,27,28). The number of carboxylic acids is 1. The number of unbranched alkanes of at least 4 members (excludes halogenated alkanes) is 1. The van der Waals surface area contributed by atoms with E-state index in [0.29, 0.717) is 11.1 Å². The molecule has 3 atom stereocenters. The van der Waals surface area contributed by atoms with Crippen LogP contribution in [0.2, 0.25) is 0 Å². The van der Waals surface area contributed by atoms with Crippen LogP contribution in [-0.4, -0.2) is 41.4 Å². The first-order valence-electron chi connectivity index (χ1n) is 10.0. The van der Waals surface area contributed by atoms with Gasteiger partial charge in [-0.25, -0.2) is 4.79 Å². The van der Waals surface area contributed by atoms with Gasteiger partial charge >= 0.3 is 19.7 Å². The molecule has 0 radical (unpaired) electrons. The SMILES string of the molecule is CCCCOC(=O)NC(COP(=O)(O)CC(C(=O)O)c1ccccc1)c1ccccc1. The Bertz CT molecular complexity index is 876. The van der Waals surface area contributed by atoms with Crippen LogP contribution in [0.1, 0.15) is 42.9 Å². The van der Waals surface area contributed by atoms with E-state index < -0.39 is 37.8 Å². The first-order chi connectivity index (χ1) is 14.8. The van der Waals surface area contributed by atoms with Gasteiger partial charge in [-0.3, -0.25) is 9.36 Å². The van der Waals surface area contributed by atoms with Crippen molar-refractivity contribution in [2.24, 2.45) is 0 Å². The summed E-state index contributed by atoms with van der Waals surface area (Å²) in [4.78, 5) is 34.1. The van der Waals surface area contributed by atoms with E-state index in [0.717, 1.165) is 12.8 Å². The van der Waals surface area contributed by atoms with E-state index in [4.69, 9.17) is 9.26 Å². The summed E-state index contributed by atoms with van der Waals surface area (Å²) in [5.41, 5.74) is 1.07. The molecule has 0 aromatic heterocycles. The average molecular weight is 449 g/mol. The molecule has 2 aromatic carbocycles. The highest BCUT2D eigenvalue weighted by atomic mass is 31.2. The smallest absolute Gasteiger partial charge is 0.407 e. The molecule has 0 spiro atoms. The van der Waals surface area contributed by atoms with E-state index in [9.17, 15) is 24.2 Å². The number of hydrogen-bond donors (Lipinski definition) is 3. The molecule has 0 saturated heterocycles. The number of nitrogens with one attached hydrogen (secondary N) is 1. The molecule has 0 fully saturated rings. The maximum Gasteiger partial charge on any atom is 0.407 e. The summed E-state index contributed by atoms with van der Waals surface area (Å²) in [6.07, 6.45) is 0.348. The number of carbonyl (C=O) groups is 2. The van der Waals surface area contributed by atoms with Gasteiger partial charge in [-0.05, 0) is 17.5 Å². The van der Waals surface area contributed by atoms with Crippen LogP contribution in [0.25, 0.3) is 0 Å². The summed E-state index contributed by atoms with van der Waals surface area (Å²) in [5.74, 6) is -2.42. The predicted molar refractivity (Wildman–Crippen MR) is 116 cm³/mol. The second-order valence-corrected chi connectivity index (χ2v) is 8.91. The summed E-state index contributed by atoms with van der Waals surface area (Å²) in [6.45, 7) is 1.92. The summed E-state index contributed by atoms with van der Waals surface area (Å²) in [7, 11) is -4.28. The molecule has 2 aromatic rings. The van der Waals surface area contributed by atoms with Crippen molar-refractivity contribution in [3.05, 3.63) is 71.8 Å². The van der Waals surface area contributed by atoms with Crippen LogP contribution >= 0.6 is 7.60 Å². The van der Waals surface area contributed by atoms with Crippen LogP contribution < -0.4 is 5.32 Å². The molecule has 31 heavy (non-hydrogen) atoms. The third kappa shape index (κ3) is 8.53. The number of amides is 1. The molecule has 3 unspecified atom stereocenters. The monoisotopic (exact) mass is 449 g/mol. The third-order valence-electron chi connectivity index (χ3n) is 4.58. The maximum atomic E-state index is 12.7. The minimum absolute atomic E-state index is 0.264. The van der Waals surface area contributed by atoms with Crippen molar-refractivity contribution in [1.82, 2.24) is 5.32 Å². The zero-order valence-corrected chi connectivity index (χ0v) is 18.2. The fourth-order valence-electron chi connectivity index (χ4n) is 2.89. The number of alkyl carbamates (subject to hydrolysis) is 1. The summed E-state index contributed by atoms with van der Waals surface area (Å²) in [5, 5.41) is 12.1. The van der Waals surface area contributed by atoms with Crippen LogP contribution in [0.15, 0.2) is 60.7 Å². The molecule has 0 aliphatic heterocycles. The lowest BCUT2D eigenvalue weighted by Gasteiger charge is -2.22. The normalized spacial score (nSPS) is 14.8. The van der Waals surface area contributed by atoms with Gasteiger partial charge in [0.25, 0.3) is 0 Å². The first-order valence-corrected chi connectivity index (χ1v) is 11.8. The van der Waals surface area contributed by atoms with Crippen LogP contribution in [0.4, 0.5) is 4.79 Å². The Labute approximate surface area is 181 Å². The molecule has 9 heteroatoms. The van der Waals surface area contributed by atoms with Gasteiger partial charge in [0.05, 0.1) is 31.3 Å². The fourth-order valence-corrected chi connectivity index (χ4v) is 4.20. The molecule has 0 heterocycles. The number of hydrogen-bond acceptors (Lipinski definition) is 5. The molecular weight excluding hydrogens is 421 g/mol. The Morgan fingerprint density at radius 3 is 2.16 bits per heavy atom. The van der Waals surface area contributed by atoms with E-state index in [1.54, 1.807) is 60.7 Å². The largest absolute Gasteiger partial charge is 0.481 e. The van der Waals surface area contributed by atoms with Crippen LogP contribution in [0.5, 0.6) is 0 Å². The quantitative estimate of drug-likeness (QED) is 0.326. The van der Waals surface area contributed by atoms with Crippen molar-refractivity contribution in [3.63, 3.8) is 0 Å². The predicted octanol–water partition coefficient (Wildman–Crippen LogP) is 4.32. The lowest BCUT2D eigenvalue weighted by atomic mass is 10.0. The highest BCUT2D eigenvalue weighted by Gasteiger charge is 2.32. The number of carbonyl (C=O) groups excluding carboxylic acids is 1. The van der Waals surface area contributed by atoms with Gasteiger partial charge in [0.15, 0.2) is 0 Å². The molecule has 168 valence electrons. The zero-order valence-electron chi connectivity index (χ0n) is 17.3. The topological polar surface area (TPSA) is 122 Å². The Balaban J connectivity index is 2.07. The lowest BCUT2D eigenvalue weighted by Crippen LogP contribution is -2.32. The molecule has 0 aliphatic carbocycles. The molecule has 0 aliphatic rings. The van der Waals surface area contributed by atoms with E-state index in [-0.39, 0.29) is 13.2 Å². The minimum atomic E-state index is -4.28. The second-order valence-electron chi connectivity index (χ2n) is 7.01. The molecule has 0 saturated carbocycles. The molecule has 0 bridgehead atoms. The van der Waals surface area contributed by atoms with Crippen molar-refractivity contribution >= 4 is 19.7 Å². The number of rotatable bonds is 12. The number of ether oxygens (including phenoxy) is 1. The number of benzene rings is 2. The molecular formula is C22H28NO7P. The van der Waals surface area contributed by atoms with Crippen molar-refractivity contribution in [1.29, 1.82) is 0 Å². The van der Waals surface area contributed by atoms with E-state index in [1.807, 2.05) is 6.92 Å². The first kappa shape index (κ1) is 24.6. The summed E-state index contributed by atoms with van der Waals surface area (Å²) >= 11 is 0. The van der Waals surface area contributed by atoms with Crippen LogP contribution in [0.3, 0.4) is 0 Å². The minimum Gasteiger partial charge on any atom is -0.481 e. The van der Waals surface area contributed by atoms with E-state index in [1.165, 1.54) is 0 Å². The van der Waals surface area contributed by atoms with Gasteiger partial charge in [-0.1, -0.05) is 74.0 Å². The number of aliphatic carboxylic acids is 1. The molecule has 1 amide bonds. The Morgan fingerprint density at radius 1 is 1.03 bits per heavy atom. The van der Waals surface area contributed by atoms with E-state index >= 15 is 0 Å². The summed E-state index contributed by atoms with van der Waals surface area (Å²) in [6, 6.07) is 16.3. The highest BCUT2D eigenvalue weighted by Crippen LogP contribution is 2.46. The fraction of sp³-hybridized carbons (Fsp3) is 0.364. The van der Waals surface area contributed by atoms with Gasteiger partial charge in [-0.2, -0.15) is 0 Å². The Kier molecular flexibility index (Phi) is 9.72. The second kappa shape index (κ2) is 12.2. The molecule has 2 rings (SSSR count). The highest BCUT2D eigenvalue weighted by molar-refractivity contribution is 7.52. The van der Waals surface area contributed by atoms with Crippen molar-refractivity contribution < 1.29 is 33.4 Å². The van der Waals surface area contributed by atoms with Crippen molar-refractivity contribution in [2.75, 3.05) is 19.4 Å². The van der Waals surface area contributed by atoms with Gasteiger partial charge < -0.3 is 24.6 Å². The Morgan fingerprint density at radius 2 is 1.61 bits per heavy atom. The van der Waals surface area contributed by atoms with Gasteiger partial charge in [-0.15, -0.1) is 0 Å². The third-order valence-corrected chi connectivity index (χ3v) is 5.96.